The van der Waals surface area contributed by atoms with Gasteiger partial charge < -0.3 is 0 Å². The van der Waals surface area contributed by atoms with Crippen LogP contribution in [0.25, 0.3) is 0 Å². The van der Waals surface area contributed by atoms with Gasteiger partial charge in [-0.15, -0.1) is 5.10 Å². The van der Waals surface area contributed by atoms with E-state index in [1.54, 1.807) is 4.31 Å². The predicted octanol–water partition coefficient (Wildman–Crippen LogP) is 1.70. The normalized spacial score (nSPS) is 22.6. The lowest BCUT2D eigenvalue weighted by Gasteiger charge is -2.31. The molecule has 0 radical (unpaired) electrons. The summed E-state index contributed by atoms with van der Waals surface area (Å²) in [5.41, 5.74) is 0.976. The van der Waals surface area contributed by atoms with Gasteiger partial charge in [-0.05, 0) is 25.7 Å². The second-order valence-corrected chi connectivity index (χ2v) is 9.42. The Labute approximate surface area is 126 Å². The first-order valence-electron chi connectivity index (χ1n) is 7.70. The molecule has 118 valence electrons. The lowest BCUT2D eigenvalue weighted by Crippen LogP contribution is -2.40. The maximum atomic E-state index is 12.2. The molecule has 1 aromatic rings. The topological polar surface area (TPSA) is 68.1 Å². The number of hydrogen-bond donors (Lipinski definition) is 0. The minimum atomic E-state index is -3.02. The van der Waals surface area contributed by atoms with E-state index in [9.17, 15) is 8.42 Å². The standard InChI is InChI=1S/C14H24N4O2S/c1-14(2,3)13-10-18(16-15-13)11-6-8-17(9-7-11)21(19,20)12-4-5-12/h10-12H,4-9H2,1-3H3. The fraction of sp³-hybridized carbons (Fsp3) is 0.857. The highest BCUT2D eigenvalue weighted by atomic mass is 32.2. The van der Waals surface area contributed by atoms with E-state index in [4.69, 9.17) is 0 Å². The fourth-order valence-electron chi connectivity index (χ4n) is 2.74. The van der Waals surface area contributed by atoms with Crippen molar-refractivity contribution in [3.05, 3.63) is 11.9 Å². The minimum Gasteiger partial charge on any atom is -0.249 e. The lowest BCUT2D eigenvalue weighted by atomic mass is 9.93. The molecule has 21 heavy (non-hydrogen) atoms. The average molecular weight is 312 g/mol. The van der Waals surface area contributed by atoms with E-state index in [1.165, 1.54) is 0 Å². The summed E-state index contributed by atoms with van der Waals surface area (Å²) in [6, 6.07) is 0.263. The summed E-state index contributed by atoms with van der Waals surface area (Å²) in [5.74, 6) is 0. The van der Waals surface area contributed by atoms with Crippen LogP contribution in [0.1, 0.15) is 58.2 Å². The van der Waals surface area contributed by atoms with E-state index in [1.807, 2.05) is 10.9 Å². The van der Waals surface area contributed by atoms with Gasteiger partial charge in [0.15, 0.2) is 0 Å². The summed E-state index contributed by atoms with van der Waals surface area (Å²) < 4.78 is 28.0. The smallest absolute Gasteiger partial charge is 0.216 e. The van der Waals surface area contributed by atoms with Crippen LogP contribution >= 0.6 is 0 Å². The van der Waals surface area contributed by atoms with E-state index in [0.717, 1.165) is 31.4 Å². The van der Waals surface area contributed by atoms with Crippen LogP contribution in [0.2, 0.25) is 0 Å². The summed E-state index contributed by atoms with van der Waals surface area (Å²) >= 11 is 0. The van der Waals surface area contributed by atoms with Crippen molar-refractivity contribution in [2.75, 3.05) is 13.1 Å². The largest absolute Gasteiger partial charge is 0.249 e. The zero-order chi connectivity index (χ0) is 15.3. The van der Waals surface area contributed by atoms with E-state index >= 15 is 0 Å². The molecule has 1 saturated heterocycles. The molecule has 1 aliphatic carbocycles. The number of hydrogen-bond acceptors (Lipinski definition) is 4. The molecule has 0 bridgehead atoms. The van der Waals surface area contributed by atoms with Crippen molar-refractivity contribution in [3.8, 4) is 0 Å². The van der Waals surface area contributed by atoms with Crippen molar-refractivity contribution in [3.63, 3.8) is 0 Å². The van der Waals surface area contributed by atoms with Gasteiger partial charge in [0.05, 0.1) is 17.0 Å². The highest BCUT2D eigenvalue weighted by molar-refractivity contribution is 7.90. The van der Waals surface area contributed by atoms with E-state index in [0.29, 0.717) is 13.1 Å². The van der Waals surface area contributed by atoms with E-state index in [-0.39, 0.29) is 16.7 Å². The first-order chi connectivity index (χ1) is 9.78. The molecule has 1 aromatic heterocycles. The molecule has 2 aliphatic rings. The monoisotopic (exact) mass is 312 g/mol. The van der Waals surface area contributed by atoms with Gasteiger partial charge in [0.25, 0.3) is 0 Å². The first kappa shape index (κ1) is 15.0. The summed E-state index contributed by atoms with van der Waals surface area (Å²) in [6.45, 7) is 7.56. The Morgan fingerprint density at radius 3 is 2.24 bits per heavy atom. The molecule has 1 saturated carbocycles. The maximum absolute atomic E-state index is 12.2. The van der Waals surface area contributed by atoms with Crippen LogP contribution in [0, 0.1) is 0 Å². The molecule has 7 heteroatoms. The molecule has 0 aromatic carbocycles. The van der Waals surface area contributed by atoms with Gasteiger partial charge in [-0.3, -0.25) is 0 Å². The van der Waals surface area contributed by atoms with E-state index < -0.39 is 10.0 Å². The Morgan fingerprint density at radius 2 is 1.76 bits per heavy atom. The Bertz CT molecular complexity index is 605. The summed E-state index contributed by atoms with van der Waals surface area (Å²) in [5, 5.41) is 8.39. The number of aromatic nitrogens is 3. The lowest BCUT2D eigenvalue weighted by molar-refractivity contribution is 0.258. The molecule has 2 fully saturated rings. The quantitative estimate of drug-likeness (QED) is 0.852. The Kier molecular flexibility index (Phi) is 3.60. The third-order valence-electron chi connectivity index (χ3n) is 4.38. The molecular weight excluding hydrogens is 288 g/mol. The Morgan fingerprint density at radius 1 is 1.14 bits per heavy atom. The zero-order valence-electron chi connectivity index (χ0n) is 13.0. The number of rotatable bonds is 3. The highest BCUT2D eigenvalue weighted by Crippen LogP contribution is 2.34. The highest BCUT2D eigenvalue weighted by Gasteiger charge is 2.41. The molecular formula is C14H24N4O2S. The van der Waals surface area contributed by atoms with Gasteiger partial charge in [-0.1, -0.05) is 26.0 Å². The van der Waals surface area contributed by atoms with Gasteiger partial charge in [-0.25, -0.2) is 17.4 Å². The van der Waals surface area contributed by atoms with Crippen molar-refractivity contribution >= 4 is 10.0 Å². The van der Waals surface area contributed by atoms with Crippen LogP contribution in [0.3, 0.4) is 0 Å². The van der Waals surface area contributed by atoms with Crippen LogP contribution in [0.15, 0.2) is 6.20 Å². The molecule has 3 rings (SSSR count). The molecule has 0 unspecified atom stereocenters. The number of sulfonamides is 1. The molecule has 2 heterocycles. The molecule has 0 atom stereocenters. The molecule has 0 amide bonds. The second-order valence-electron chi connectivity index (χ2n) is 7.21. The average Bonchev–Trinajstić information content (AvgIpc) is 3.16. The summed E-state index contributed by atoms with van der Waals surface area (Å²) in [7, 11) is -3.02. The van der Waals surface area contributed by atoms with Crippen LogP contribution in [0.4, 0.5) is 0 Å². The van der Waals surface area contributed by atoms with Crippen molar-refractivity contribution < 1.29 is 8.42 Å². The Balaban J connectivity index is 1.64. The maximum Gasteiger partial charge on any atom is 0.216 e. The Hall–Kier alpha value is -0.950. The van der Waals surface area contributed by atoms with Crippen molar-refractivity contribution in [1.29, 1.82) is 0 Å². The van der Waals surface area contributed by atoms with Gasteiger partial charge in [0.1, 0.15) is 0 Å². The summed E-state index contributed by atoms with van der Waals surface area (Å²) in [4.78, 5) is 0. The van der Waals surface area contributed by atoms with Crippen LogP contribution in [-0.4, -0.2) is 46.1 Å². The molecule has 0 N–H and O–H groups in total. The van der Waals surface area contributed by atoms with Crippen LogP contribution in [0.5, 0.6) is 0 Å². The number of nitrogens with zero attached hydrogens (tertiary/aromatic N) is 4. The molecule has 1 aliphatic heterocycles. The fourth-order valence-corrected chi connectivity index (χ4v) is 4.61. The molecule has 6 nitrogen and oxygen atoms in total. The SMILES string of the molecule is CC(C)(C)c1cn(C2CCN(S(=O)(=O)C3CC3)CC2)nn1. The minimum absolute atomic E-state index is 0.00569. The first-order valence-corrected chi connectivity index (χ1v) is 9.20. The van der Waals surface area contributed by atoms with E-state index in [2.05, 4.69) is 31.1 Å². The van der Waals surface area contributed by atoms with Crippen LogP contribution in [-0.2, 0) is 15.4 Å². The third-order valence-corrected chi connectivity index (χ3v) is 6.78. The van der Waals surface area contributed by atoms with Crippen molar-refractivity contribution in [2.24, 2.45) is 0 Å². The third kappa shape index (κ3) is 2.99. The van der Waals surface area contributed by atoms with Gasteiger partial charge in [-0.2, -0.15) is 0 Å². The van der Waals surface area contributed by atoms with Crippen molar-refractivity contribution in [2.45, 2.75) is 63.2 Å². The van der Waals surface area contributed by atoms with Crippen LogP contribution < -0.4 is 0 Å². The second kappa shape index (κ2) is 5.05. The van der Waals surface area contributed by atoms with Gasteiger partial charge >= 0.3 is 0 Å². The van der Waals surface area contributed by atoms with Gasteiger partial charge in [0, 0.05) is 24.7 Å². The zero-order valence-corrected chi connectivity index (χ0v) is 13.8. The predicted molar refractivity (Wildman–Crippen MR) is 80.5 cm³/mol. The summed E-state index contributed by atoms with van der Waals surface area (Å²) in [6.07, 6.45) is 5.31. The number of piperidine rings is 1. The molecule has 0 spiro atoms. The van der Waals surface area contributed by atoms with Gasteiger partial charge in [0.2, 0.25) is 10.0 Å². The van der Waals surface area contributed by atoms with Crippen molar-refractivity contribution in [1.82, 2.24) is 19.3 Å².